The third kappa shape index (κ3) is 4.54. The fourth-order valence-corrected chi connectivity index (χ4v) is 6.02. The van der Waals surface area contributed by atoms with Crippen LogP contribution in [0.3, 0.4) is 0 Å². The molecule has 2 N–H and O–H groups in total. The number of rotatable bonds is 5. The van der Waals surface area contributed by atoms with Crippen molar-refractivity contribution in [2.45, 2.75) is 70.1 Å². The summed E-state index contributed by atoms with van der Waals surface area (Å²) in [5, 5.41) is 7.48. The Hall–Kier alpha value is -0.610. The molecule has 4 aliphatic rings. The lowest BCUT2D eigenvalue weighted by atomic mass is 9.54. The van der Waals surface area contributed by atoms with E-state index in [1.165, 1.54) is 32.1 Å². The number of piperidine rings is 1. The summed E-state index contributed by atoms with van der Waals surface area (Å²) in [5.41, 5.74) is 0.327. The second-order valence-corrected chi connectivity index (χ2v) is 8.86. The number of nitrogens with one attached hydrogen (secondary N) is 2. The van der Waals surface area contributed by atoms with Crippen LogP contribution in [0, 0.1) is 11.3 Å². The predicted octanol–water partition coefficient (Wildman–Crippen LogP) is 2.14. The molecule has 2 saturated heterocycles. The lowest BCUT2D eigenvalue weighted by Crippen LogP contribution is -2.69. The monoisotopic (exact) mass is 520 g/mol. The van der Waals surface area contributed by atoms with Crippen molar-refractivity contribution in [2.75, 3.05) is 40.0 Å². The van der Waals surface area contributed by atoms with Gasteiger partial charge in [-0.15, -0.1) is 24.0 Å². The molecule has 2 aliphatic carbocycles. The minimum Gasteiger partial charge on any atom is -0.377 e. The van der Waals surface area contributed by atoms with Gasteiger partial charge in [0.25, 0.3) is 0 Å². The fourth-order valence-electron chi connectivity index (χ4n) is 6.02. The van der Waals surface area contributed by atoms with Crippen molar-refractivity contribution < 1.29 is 14.3 Å². The molecule has 8 heteroatoms. The van der Waals surface area contributed by atoms with E-state index in [0.29, 0.717) is 29.5 Å². The van der Waals surface area contributed by atoms with E-state index in [-0.39, 0.29) is 36.5 Å². The number of methoxy groups -OCH3 is 1. The Bertz CT molecular complexity index is 588. The molecule has 0 bridgehead atoms. The third-order valence-electron chi connectivity index (χ3n) is 7.35. The van der Waals surface area contributed by atoms with Crippen LogP contribution in [0.25, 0.3) is 0 Å². The van der Waals surface area contributed by atoms with Gasteiger partial charge >= 0.3 is 0 Å². The van der Waals surface area contributed by atoms with Crippen LogP contribution < -0.4 is 10.6 Å². The van der Waals surface area contributed by atoms with Gasteiger partial charge in [0.1, 0.15) is 6.61 Å². The first kappa shape index (κ1) is 23.1. The van der Waals surface area contributed by atoms with Crippen molar-refractivity contribution in [1.82, 2.24) is 15.5 Å². The highest BCUT2D eigenvalue weighted by Gasteiger charge is 2.65. The number of fused-ring (bicyclic) bond motifs is 2. The number of hydrogen-bond donors (Lipinski definition) is 2. The first-order chi connectivity index (χ1) is 13.7. The van der Waals surface area contributed by atoms with E-state index in [2.05, 4.69) is 17.6 Å². The molecule has 4 rings (SSSR count). The first-order valence-electron chi connectivity index (χ1n) is 11.1. The number of halogens is 1. The van der Waals surface area contributed by atoms with Crippen LogP contribution in [0.1, 0.15) is 51.9 Å². The van der Waals surface area contributed by atoms with Gasteiger partial charge in [0.2, 0.25) is 5.91 Å². The number of amides is 1. The topological polar surface area (TPSA) is 75.2 Å². The molecule has 166 valence electrons. The van der Waals surface area contributed by atoms with E-state index in [4.69, 9.17) is 14.5 Å². The first-order valence-corrected chi connectivity index (χ1v) is 11.1. The number of guanidine groups is 1. The quantitative estimate of drug-likeness (QED) is 0.330. The fraction of sp³-hybridized carbons (Fsp3) is 0.905. The average molecular weight is 520 g/mol. The van der Waals surface area contributed by atoms with Crippen molar-refractivity contribution >= 4 is 35.8 Å². The van der Waals surface area contributed by atoms with E-state index in [1.54, 1.807) is 7.11 Å². The molecule has 3 unspecified atom stereocenters. The Labute approximate surface area is 191 Å². The number of likely N-dealkylation sites (tertiary alicyclic amines) is 1. The molecule has 3 atom stereocenters. The Morgan fingerprint density at radius 3 is 2.59 bits per heavy atom. The molecule has 7 nitrogen and oxygen atoms in total. The van der Waals surface area contributed by atoms with E-state index in [9.17, 15) is 4.79 Å². The minimum absolute atomic E-state index is 0. The Morgan fingerprint density at radius 1 is 1.21 bits per heavy atom. The van der Waals surface area contributed by atoms with Crippen LogP contribution in [0.4, 0.5) is 0 Å². The maximum atomic E-state index is 12.0. The number of carbonyl (C=O) groups is 1. The zero-order valence-electron chi connectivity index (χ0n) is 17.8. The van der Waals surface area contributed by atoms with Gasteiger partial charge in [0, 0.05) is 56.8 Å². The van der Waals surface area contributed by atoms with E-state index >= 15 is 0 Å². The summed E-state index contributed by atoms with van der Waals surface area (Å²) in [6, 6.07) is 0.850. The van der Waals surface area contributed by atoms with E-state index in [1.807, 2.05) is 4.90 Å². The molecule has 2 aliphatic heterocycles. The molecule has 29 heavy (non-hydrogen) atoms. The molecular formula is C21H37IN4O3. The molecule has 4 fully saturated rings. The summed E-state index contributed by atoms with van der Waals surface area (Å²) in [5.74, 6) is 1.67. The number of hydrogen-bond acceptors (Lipinski definition) is 4. The zero-order chi connectivity index (χ0) is 19.6. The molecule has 1 spiro atoms. The number of aliphatic imine (C=N–C) groups is 1. The highest BCUT2D eigenvalue weighted by atomic mass is 127. The summed E-state index contributed by atoms with van der Waals surface area (Å²) in [6.07, 6.45) is 8.75. The van der Waals surface area contributed by atoms with Gasteiger partial charge in [-0.05, 0) is 39.0 Å². The van der Waals surface area contributed by atoms with Crippen LogP contribution in [0.5, 0.6) is 0 Å². The van der Waals surface area contributed by atoms with Gasteiger partial charge in [-0.1, -0.05) is 12.8 Å². The maximum Gasteiger partial charge on any atom is 0.248 e. The van der Waals surface area contributed by atoms with Crippen LogP contribution in [0.2, 0.25) is 0 Å². The van der Waals surface area contributed by atoms with Gasteiger partial charge in [0.05, 0.1) is 6.10 Å². The molecule has 0 aromatic rings. The van der Waals surface area contributed by atoms with Crippen molar-refractivity contribution in [1.29, 1.82) is 0 Å². The summed E-state index contributed by atoms with van der Waals surface area (Å²) < 4.78 is 11.1. The summed E-state index contributed by atoms with van der Waals surface area (Å²) >= 11 is 0. The average Bonchev–Trinajstić information content (AvgIpc) is 3.36. The molecule has 1 amide bonds. The SMILES string of the molecule is CCN=C(NC1CCN(C(=O)COC)CC1)NC1C2CCOC2C12CCCC2.I. The van der Waals surface area contributed by atoms with Crippen molar-refractivity contribution in [3.05, 3.63) is 0 Å². The van der Waals surface area contributed by atoms with Gasteiger partial charge in [0.15, 0.2) is 5.96 Å². The molecule has 2 heterocycles. The van der Waals surface area contributed by atoms with Gasteiger partial charge in [-0.2, -0.15) is 0 Å². The standard InChI is InChI=1S/C21H36N4O3.HI/c1-3-22-20(23-15-6-11-25(12-7-15)17(26)14-27-2)24-18-16-8-13-28-19(16)21(18)9-4-5-10-21;/h15-16,18-19H,3-14H2,1-2H3,(H2,22,23,24);1H. The van der Waals surface area contributed by atoms with E-state index in [0.717, 1.165) is 45.0 Å². The maximum absolute atomic E-state index is 12.0. The van der Waals surface area contributed by atoms with Crippen LogP contribution in [0.15, 0.2) is 4.99 Å². The molecule has 0 aromatic heterocycles. The molecule has 0 aromatic carbocycles. The second kappa shape index (κ2) is 10.1. The van der Waals surface area contributed by atoms with Crippen molar-refractivity contribution in [2.24, 2.45) is 16.3 Å². The van der Waals surface area contributed by atoms with Gasteiger partial charge in [-0.3, -0.25) is 9.79 Å². The number of carbonyl (C=O) groups excluding carboxylic acids is 1. The van der Waals surface area contributed by atoms with Crippen molar-refractivity contribution in [3.63, 3.8) is 0 Å². The second-order valence-electron chi connectivity index (χ2n) is 8.86. The summed E-state index contributed by atoms with van der Waals surface area (Å²) in [4.78, 5) is 18.7. The van der Waals surface area contributed by atoms with Gasteiger partial charge < -0.3 is 25.0 Å². The highest BCUT2D eigenvalue weighted by molar-refractivity contribution is 14.0. The Kier molecular flexibility index (Phi) is 8.06. The normalized spacial score (nSPS) is 31.2. The number of nitrogens with zero attached hydrogens (tertiary/aromatic N) is 2. The largest absolute Gasteiger partial charge is 0.377 e. The highest BCUT2D eigenvalue weighted by Crippen LogP contribution is 2.60. The smallest absolute Gasteiger partial charge is 0.248 e. The molecule has 2 saturated carbocycles. The third-order valence-corrected chi connectivity index (χ3v) is 7.35. The Morgan fingerprint density at radius 2 is 1.93 bits per heavy atom. The predicted molar refractivity (Wildman–Crippen MR) is 124 cm³/mol. The minimum atomic E-state index is 0. The lowest BCUT2D eigenvalue weighted by molar-refractivity contribution is -0.136. The zero-order valence-corrected chi connectivity index (χ0v) is 20.2. The van der Waals surface area contributed by atoms with Crippen LogP contribution >= 0.6 is 24.0 Å². The summed E-state index contributed by atoms with van der Waals surface area (Å²) in [7, 11) is 1.57. The molecular weight excluding hydrogens is 483 g/mol. The molecule has 0 radical (unpaired) electrons. The van der Waals surface area contributed by atoms with Gasteiger partial charge in [-0.25, -0.2) is 0 Å². The van der Waals surface area contributed by atoms with Crippen molar-refractivity contribution in [3.8, 4) is 0 Å². The Balaban J connectivity index is 0.00000240. The van der Waals surface area contributed by atoms with Crippen LogP contribution in [-0.4, -0.2) is 74.9 Å². The lowest BCUT2D eigenvalue weighted by Gasteiger charge is -2.57. The number of ether oxygens (including phenoxy) is 2. The van der Waals surface area contributed by atoms with E-state index < -0.39 is 0 Å². The van der Waals surface area contributed by atoms with Crippen LogP contribution in [-0.2, 0) is 14.3 Å². The summed E-state index contributed by atoms with van der Waals surface area (Å²) in [6.45, 7) is 5.51.